The minimum absolute atomic E-state index is 0.421. The Labute approximate surface area is 112 Å². The standard InChI is InChI=1S/C15H15N3O/c1-12(15-14(10-16)8-9-18(15)2)17-19-11-13-6-4-3-5-7-13/h3-9H,11H2,1-2H3. The van der Waals surface area contributed by atoms with Crippen LogP contribution in [0.4, 0.5) is 0 Å². The topological polar surface area (TPSA) is 50.3 Å². The van der Waals surface area contributed by atoms with E-state index in [1.54, 1.807) is 6.07 Å². The first-order valence-electron chi connectivity index (χ1n) is 5.98. The number of oxime groups is 1. The highest BCUT2D eigenvalue weighted by Gasteiger charge is 2.09. The van der Waals surface area contributed by atoms with E-state index < -0.39 is 0 Å². The summed E-state index contributed by atoms with van der Waals surface area (Å²) in [6.07, 6.45) is 1.84. The van der Waals surface area contributed by atoms with Crippen molar-refractivity contribution in [2.75, 3.05) is 0 Å². The molecule has 2 rings (SSSR count). The van der Waals surface area contributed by atoms with Gasteiger partial charge in [-0.2, -0.15) is 5.26 Å². The minimum atomic E-state index is 0.421. The Kier molecular flexibility index (Phi) is 3.99. The van der Waals surface area contributed by atoms with Gasteiger partial charge < -0.3 is 9.40 Å². The molecule has 1 aromatic heterocycles. The van der Waals surface area contributed by atoms with Crippen LogP contribution in [-0.2, 0) is 18.5 Å². The number of nitrogens with zero attached hydrogens (tertiary/aromatic N) is 3. The number of hydrogen-bond acceptors (Lipinski definition) is 3. The lowest BCUT2D eigenvalue weighted by atomic mass is 10.2. The van der Waals surface area contributed by atoms with Gasteiger partial charge in [-0.05, 0) is 18.6 Å². The third kappa shape index (κ3) is 3.02. The molecular weight excluding hydrogens is 238 g/mol. The molecule has 19 heavy (non-hydrogen) atoms. The van der Waals surface area contributed by atoms with Crippen molar-refractivity contribution in [3.05, 3.63) is 59.4 Å². The first-order valence-corrected chi connectivity index (χ1v) is 5.98. The Morgan fingerprint density at radius 3 is 2.74 bits per heavy atom. The number of aromatic nitrogens is 1. The van der Waals surface area contributed by atoms with Crippen molar-refractivity contribution in [3.63, 3.8) is 0 Å². The van der Waals surface area contributed by atoms with Gasteiger partial charge in [0.05, 0.1) is 11.3 Å². The maximum Gasteiger partial charge on any atom is 0.142 e. The third-order valence-corrected chi connectivity index (χ3v) is 2.81. The van der Waals surface area contributed by atoms with Gasteiger partial charge in [0.25, 0.3) is 0 Å². The van der Waals surface area contributed by atoms with Crippen LogP contribution in [-0.4, -0.2) is 10.3 Å². The lowest BCUT2D eigenvalue weighted by Crippen LogP contribution is -2.05. The van der Waals surface area contributed by atoms with Crippen molar-refractivity contribution < 1.29 is 4.84 Å². The molecular formula is C15H15N3O. The Morgan fingerprint density at radius 2 is 2.05 bits per heavy atom. The van der Waals surface area contributed by atoms with Crippen LogP contribution in [0.25, 0.3) is 0 Å². The van der Waals surface area contributed by atoms with Crippen molar-refractivity contribution in [3.8, 4) is 6.07 Å². The normalized spacial score (nSPS) is 11.1. The largest absolute Gasteiger partial charge is 0.391 e. The number of hydrogen-bond donors (Lipinski definition) is 0. The SMILES string of the molecule is CC(=NOCc1ccccc1)c1c(C#N)ccn1C. The van der Waals surface area contributed by atoms with Crippen LogP contribution in [0.1, 0.15) is 23.7 Å². The zero-order valence-electron chi connectivity index (χ0n) is 11.0. The van der Waals surface area contributed by atoms with Crippen LogP contribution in [0.2, 0.25) is 0 Å². The van der Waals surface area contributed by atoms with Crippen molar-refractivity contribution in [1.29, 1.82) is 5.26 Å². The van der Waals surface area contributed by atoms with Gasteiger partial charge in [0.1, 0.15) is 18.4 Å². The highest BCUT2D eigenvalue weighted by molar-refractivity contribution is 5.99. The van der Waals surface area contributed by atoms with Gasteiger partial charge >= 0.3 is 0 Å². The number of rotatable bonds is 4. The monoisotopic (exact) mass is 253 g/mol. The minimum Gasteiger partial charge on any atom is -0.391 e. The quantitative estimate of drug-likeness (QED) is 0.621. The maximum absolute atomic E-state index is 9.02. The summed E-state index contributed by atoms with van der Waals surface area (Å²) in [5, 5.41) is 13.1. The van der Waals surface area contributed by atoms with E-state index in [4.69, 9.17) is 10.1 Å². The van der Waals surface area contributed by atoms with Crippen molar-refractivity contribution in [2.24, 2.45) is 12.2 Å². The molecule has 0 bridgehead atoms. The van der Waals surface area contributed by atoms with Gasteiger partial charge in [-0.3, -0.25) is 0 Å². The van der Waals surface area contributed by atoms with Gasteiger partial charge in [0, 0.05) is 13.2 Å². The van der Waals surface area contributed by atoms with E-state index in [9.17, 15) is 0 Å². The smallest absolute Gasteiger partial charge is 0.142 e. The van der Waals surface area contributed by atoms with E-state index >= 15 is 0 Å². The predicted octanol–water partition coefficient (Wildman–Crippen LogP) is 2.84. The van der Waals surface area contributed by atoms with E-state index in [1.807, 2.05) is 55.1 Å². The lowest BCUT2D eigenvalue weighted by Gasteiger charge is -2.04. The van der Waals surface area contributed by atoms with Crippen molar-refractivity contribution in [2.45, 2.75) is 13.5 Å². The van der Waals surface area contributed by atoms with Crippen molar-refractivity contribution in [1.82, 2.24) is 4.57 Å². The number of benzene rings is 1. The number of nitriles is 1. The van der Waals surface area contributed by atoms with Gasteiger partial charge in [-0.1, -0.05) is 35.5 Å². The van der Waals surface area contributed by atoms with Gasteiger partial charge in [0.2, 0.25) is 0 Å². The average molecular weight is 253 g/mol. The van der Waals surface area contributed by atoms with E-state index in [-0.39, 0.29) is 0 Å². The van der Waals surface area contributed by atoms with Crippen LogP contribution in [0, 0.1) is 11.3 Å². The molecule has 0 radical (unpaired) electrons. The molecule has 4 nitrogen and oxygen atoms in total. The molecule has 0 aliphatic heterocycles. The second-order valence-electron chi connectivity index (χ2n) is 4.24. The summed E-state index contributed by atoms with van der Waals surface area (Å²) in [7, 11) is 1.88. The maximum atomic E-state index is 9.02. The predicted molar refractivity (Wildman–Crippen MR) is 73.6 cm³/mol. The van der Waals surface area contributed by atoms with Gasteiger partial charge in [0.15, 0.2) is 0 Å². The molecule has 0 saturated carbocycles. The van der Waals surface area contributed by atoms with Crippen LogP contribution >= 0.6 is 0 Å². The first-order chi connectivity index (χ1) is 9.22. The van der Waals surface area contributed by atoms with Crippen LogP contribution in [0.15, 0.2) is 47.8 Å². The zero-order chi connectivity index (χ0) is 13.7. The lowest BCUT2D eigenvalue weighted by molar-refractivity contribution is 0.130. The van der Waals surface area contributed by atoms with E-state index in [2.05, 4.69) is 11.2 Å². The Hall–Kier alpha value is -2.54. The fourth-order valence-electron chi connectivity index (χ4n) is 1.89. The summed E-state index contributed by atoms with van der Waals surface area (Å²) in [6.45, 7) is 2.26. The summed E-state index contributed by atoms with van der Waals surface area (Å²) in [4.78, 5) is 5.32. The van der Waals surface area contributed by atoms with E-state index in [0.29, 0.717) is 17.9 Å². The molecule has 96 valence electrons. The second kappa shape index (κ2) is 5.87. The third-order valence-electron chi connectivity index (χ3n) is 2.81. The van der Waals surface area contributed by atoms with Gasteiger partial charge in [-0.25, -0.2) is 0 Å². The second-order valence-corrected chi connectivity index (χ2v) is 4.24. The summed E-state index contributed by atoms with van der Waals surface area (Å²) in [5.41, 5.74) is 3.15. The molecule has 0 atom stereocenters. The summed E-state index contributed by atoms with van der Waals surface area (Å²) >= 11 is 0. The molecule has 0 N–H and O–H groups in total. The Bertz CT molecular complexity index is 621. The molecule has 4 heteroatoms. The fraction of sp³-hybridized carbons (Fsp3) is 0.200. The molecule has 0 aliphatic rings. The van der Waals surface area contributed by atoms with Gasteiger partial charge in [-0.15, -0.1) is 0 Å². The molecule has 0 saturated heterocycles. The van der Waals surface area contributed by atoms with E-state index in [1.165, 1.54) is 0 Å². The van der Waals surface area contributed by atoms with Crippen molar-refractivity contribution >= 4 is 5.71 Å². The molecule has 1 aromatic carbocycles. The molecule has 2 aromatic rings. The highest BCUT2D eigenvalue weighted by Crippen LogP contribution is 2.10. The molecule has 0 fully saturated rings. The summed E-state index contributed by atoms with van der Waals surface area (Å²) < 4.78 is 1.86. The highest BCUT2D eigenvalue weighted by atomic mass is 16.6. The molecule has 1 heterocycles. The molecule has 0 amide bonds. The number of aryl methyl sites for hydroxylation is 1. The van der Waals surface area contributed by atoms with Crippen LogP contribution < -0.4 is 0 Å². The fourth-order valence-corrected chi connectivity index (χ4v) is 1.89. The molecule has 0 spiro atoms. The Balaban J connectivity index is 2.08. The summed E-state index contributed by atoms with van der Waals surface area (Å²) in [5.74, 6) is 0. The van der Waals surface area contributed by atoms with Crippen LogP contribution in [0.5, 0.6) is 0 Å². The first kappa shape index (κ1) is 12.9. The van der Waals surface area contributed by atoms with Crippen LogP contribution in [0.3, 0.4) is 0 Å². The van der Waals surface area contributed by atoms with E-state index in [0.717, 1.165) is 11.3 Å². The zero-order valence-corrected chi connectivity index (χ0v) is 11.0. The molecule has 0 aliphatic carbocycles. The molecule has 0 unspecified atom stereocenters. The summed E-state index contributed by atoms with van der Waals surface area (Å²) in [6, 6.07) is 13.8. The Morgan fingerprint density at radius 1 is 1.32 bits per heavy atom. The average Bonchev–Trinajstić information content (AvgIpc) is 2.81.